The van der Waals surface area contributed by atoms with Crippen LogP contribution >= 0.6 is 0 Å². The number of hydrogen-bond acceptors (Lipinski definition) is 4. The van der Waals surface area contributed by atoms with Crippen molar-refractivity contribution in [3.8, 4) is 0 Å². The second kappa shape index (κ2) is 6.93. The maximum Gasteiger partial charge on any atom is 0.326 e. The number of carboxylic acid groups (broad SMARTS) is 1. The normalized spacial score (nSPS) is 13.2. The van der Waals surface area contributed by atoms with Crippen molar-refractivity contribution in [2.24, 2.45) is 5.92 Å². The Balaban J connectivity index is 2.25. The Bertz CT molecular complexity index is 769. The highest BCUT2D eigenvalue weighted by Gasteiger charge is 2.28. The van der Waals surface area contributed by atoms with E-state index >= 15 is 0 Å². The summed E-state index contributed by atoms with van der Waals surface area (Å²) in [7, 11) is -4.03. The van der Waals surface area contributed by atoms with Gasteiger partial charge in [0.15, 0.2) is 5.03 Å². The fraction of sp³-hybridized carbons (Fsp3) is 0.333. The monoisotopic (exact) mass is 337 g/mol. The van der Waals surface area contributed by atoms with Gasteiger partial charge in [0.2, 0.25) is 0 Å². The zero-order chi connectivity index (χ0) is 17.0. The summed E-state index contributed by atoms with van der Waals surface area (Å²) in [5.74, 6) is -0.940. The third-order valence-corrected chi connectivity index (χ3v) is 4.42. The first-order valence-electron chi connectivity index (χ1n) is 7.11. The second-order valence-electron chi connectivity index (χ2n) is 5.61. The number of hydrogen-bond donors (Lipinski definition) is 2. The number of nitrogens with one attached hydrogen (secondary N) is 1. The van der Waals surface area contributed by atoms with Gasteiger partial charge in [-0.2, -0.15) is 4.72 Å². The average molecular weight is 337 g/mol. The molecule has 7 nitrogen and oxygen atoms in total. The first kappa shape index (κ1) is 17.2. The van der Waals surface area contributed by atoms with Crippen LogP contribution < -0.4 is 4.72 Å². The van der Waals surface area contributed by atoms with E-state index in [-0.39, 0.29) is 5.03 Å². The van der Waals surface area contributed by atoms with Crippen LogP contribution in [0.2, 0.25) is 0 Å². The molecule has 1 heterocycles. The SMILES string of the molecule is CC(C)Cn1cnc(S(=O)(=O)N[C@H](C(=O)O)c2ccccc2)c1. The van der Waals surface area contributed by atoms with Crippen LogP contribution in [0.5, 0.6) is 0 Å². The van der Waals surface area contributed by atoms with Crippen LogP contribution in [0.15, 0.2) is 47.9 Å². The van der Waals surface area contributed by atoms with Crippen molar-refractivity contribution in [3.63, 3.8) is 0 Å². The standard InChI is InChI=1S/C15H19N3O4S/c1-11(2)8-18-9-13(16-10-18)23(21,22)17-14(15(19)20)12-6-4-3-5-7-12/h3-7,9-11,14,17H,8H2,1-2H3,(H,19,20)/t14-/m0/s1. The van der Waals surface area contributed by atoms with Crippen LogP contribution in [-0.4, -0.2) is 29.0 Å². The highest BCUT2D eigenvalue weighted by atomic mass is 32.2. The molecule has 124 valence electrons. The van der Waals surface area contributed by atoms with Crippen molar-refractivity contribution in [1.29, 1.82) is 0 Å². The molecule has 2 aromatic rings. The molecule has 1 atom stereocenters. The molecule has 0 aliphatic rings. The van der Waals surface area contributed by atoms with Crippen molar-refractivity contribution < 1.29 is 18.3 Å². The first-order valence-corrected chi connectivity index (χ1v) is 8.60. The topological polar surface area (TPSA) is 101 Å². The average Bonchev–Trinajstić information content (AvgIpc) is 2.94. The van der Waals surface area contributed by atoms with Crippen molar-refractivity contribution in [1.82, 2.24) is 14.3 Å². The predicted octanol–water partition coefficient (Wildman–Crippen LogP) is 1.64. The van der Waals surface area contributed by atoms with E-state index in [0.717, 1.165) is 0 Å². The van der Waals surface area contributed by atoms with Crippen LogP contribution in [0.3, 0.4) is 0 Å². The molecule has 8 heteroatoms. The van der Waals surface area contributed by atoms with Gasteiger partial charge in [0, 0.05) is 12.7 Å². The Labute approximate surface area is 135 Å². The van der Waals surface area contributed by atoms with E-state index in [0.29, 0.717) is 18.0 Å². The maximum absolute atomic E-state index is 12.4. The summed E-state index contributed by atoms with van der Waals surface area (Å²) in [6.07, 6.45) is 2.82. The van der Waals surface area contributed by atoms with E-state index in [2.05, 4.69) is 9.71 Å². The lowest BCUT2D eigenvalue weighted by Crippen LogP contribution is -2.34. The molecule has 0 aliphatic carbocycles. The van der Waals surface area contributed by atoms with Crippen LogP contribution in [-0.2, 0) is 21.4 Å². The maximum atomic E-state index is 12.4. The number of imidazole rings is 1. The summed E-state index contributed by atoms with van der Waals surface area (Å²) in [5.41, 5.74) is 0.352. The van der Waals surface area contributed by atoms with Crippen LogP contribution in [0.25, 0.3) is 0 Å². The number of sulfonamides is 1. The summed E-state index contributed by atoms with van der Waals surface area (Å²) in [5, 5.41) is 9.11. The summed E-state index contributed by atoms with van der Waals surface area (Å²) in [6, 6.07) is 6.77. The molecule has 0 saturated heterocycles. The summed E-state index contributed by atoms with van der Waals surface area (Å²) < 4.78 is 28.6. The third-order valence-electron chi connectivity index (χ3n) is 3.11. The lowest BCUT2D eigenvalue weighted by Gasteiger charge is -2.14. The van der Waals surface area contributed by atoms with E-state index in [1.165, 1.54) is 12.5 Å². The number of nitrogens with zero attached hydrogens (tertiary/aromatic N) is 2. The fourth-order valence-corrected chi connectivity index (χ4v) is 3.25. The Hall–Kier alpha value is -2.19. The molecule has 0 spiro atoms. The van der Waals surface area contributed by atoms with Gasteiger partial charge in [-0.3, -0.25) is 4.79 Å². The van der Waals surface area contributed by atoms with Crippen LogP contribution in [0.1, 0.15) is 25.5 Å². The van der Waals surface area contributed by atoms with Crippen molar-refractivity contribution in [3.05, 3.63) is 48.4 Å². The summed E-state index contributed by atoms with van der Waals surface area (Å²) >= 11 is 0. The third kappa shape index (κ3) is 4.40. The van der Waals surface area contributed by atoms with Gasteiger partial charge in [-0.05, 0) is 11.5 Å². The number of carbonyl (C=O) groups is 1. The molecule has 0 bridgehead atoms. The number of carboxylic acids is 1. The van der Waals surface area contributed by atoms with Gasteiger partial charge >= 0.3 is 5.97 Å². The Morgan fingerprint density at radius 2 is 1.96 bits per heavy atom. The van der Waals surface area contributed by atoms with E-state index in [1.807, 2.05) is 13.8 Å². The zero-order valence-corrected chi connectivity index (χ0v) is 13.7. The first-order chi connectivity index (χ1) is 10.8. The molecular formula is C15H19N3O4S. The summed E-state index contributed by atoms with van der Waals surface area (Å²) in [4.78, 5) is 15.3. The van der Waals surface area contributed by atoms with Gasteiger partial charge < -0.3 is 9.67 Å². The minimum absolute atomic E-state index is 0.194. The van der Waals surface area contributed by atoms with Crippen LogP contribution in [0.4, 0.5) is 0 Å². The molecule has 1 aromatic heterocycles. The van der Waals surface area contributed by atoms with Crippen LogP contribution in [0, 0.1) is 5.92 Å². The Morgan fingerprint density at radius 1 is 1.30 bits per heavy atom. The van der Waals surface area contributed by atoms with E-state index in [4.69, 9.17) is 0 Å². The quantitative estimate of drug-likeness (QED) is 0.800. The highest BCUT2D eigenvalue weighted by Crippen LogP contribution is 2.17. The molecule has 0 saturated carbocycles. The van der Waals surface area contributed by atoms with Crippen molar-refractivity contribution in [2.45, 2.75) is 31.5 Å². The van der Waals surface area contributed by atoms with E-state index < -0.39 is 22.0 Å². The molecule has 2 N–H and O–H groups in total. The molecule has 23 heavy (non-hydrogen) atoms. The number of benzene rings is 1. The van der Waals surface area contributed by atoms with Gasteiger partial charge in [-0.15, -0.1) is 0 Å². The minimum Gasteiger partial charge on any atom is -0.480 e. The fourth-order valence-electron chi connectivity index (χ4n) is 2.12. The number of aliphatic carboxylic acids is 1. The molecule has 0 radical (unpaired) electrons. The molecule has 0 aliphatic heterocycles. The lowest BCUT2D eigenvalue weighted by molar-refractivity contribution is -0.139. The van der Waals surface area contributed by atoms with Gasteiger partial charge in [0.1, 0.15) is 6.04 Å². The second-order valence-corrected chi connectivity index (χ2v) is 7.27. The van der Waals surface area contributed by atoms with Gasteiger partial charge in [0.25, 0.3) is 10.0 Å². The molecular weight excluding hydrogens is 318 g/mol. The Morgan fingerprint density at radius 3 is 2.52 bits per heavy atom. The van der Waals surface area contributed by atoms with Gasteiger partial charge in [0.05, 0.1) is 6.33 Å². The number of rotatable bonds is 7. The molecule has 1 aromatic carbocycles. The zero-order valence-electron chi connectivity index (χ0n) is 12.9. The van der Waals surface area contributed by atoms with Gasteiger partial charge in [-0.25, -0.2) is 13.4 Å². The van der Waals surface area contributed by atoms with E-state index in [9.17, 15) is 18.3 Å². The highest BCUT2D eigenvalue weighted by molar-refractivity contribution is 7.89. The van der Waals surface area contributed by atoms with Crippen molar-refractivity contribution >= 4 is 16.0 Å². The smallest absolute Gasteiger partial charge is 0.326 e. The predicted molar refractivity (Wildman–Crippen MR) is 84.2 cm³/mol. The van der Waals surface area contributed by atoms with Gasteiger partial charge in [-0.1, -0.05) is 44.2 Å². The largest absolute Gasteiger partial charge is 0.480 e. The Kier molecular flexibility index (Phi) is 5.17. The molecule has 0 unspecified atom stereocenters. The molecule has 2 rings (SSSR count). The van der Waals surface area contributed by atoms with Crippen molar-refractivity contribution in [2.75, 3.05) is 0 Å². The number of aromatic nitrogens is 2. The molecule has 0 amide bonds. The molecule has 0 fully saturated rings. The van der Waals surface area contributed by atoms with E-state index in [1.54, 1.807) is 34.9 Å². The lowest BCUT2D eigenvalue weighted by atomic mass is 10.1. The summed E-state index contributed by atoms with van der Waals surface area (Å²) in [6.45, 7) is 4.63. The minimum atomic E-state index is -4.03.